The monoisotopic (exact) mass is 278 g/mol. The minimum absolute atomic E-state index is 0.0264. The molecule has 5 nitrogen and oxygen atoms in total. The summed E-state index contributed by atoms with van der Waals surface area (Å²) in [6.45, 7) is 1.24. The Morgan fingerprint density at radius 2 is 1.88 bits per heavy atom. The van der Waals surface area contributed by atoms with E-state index in [0.29, 0.717) is 0 Å². The van der Waals surface area contributed by atoms with Crippen LogP contribution in [0.25, 0.3) is 0 Å². The van der Waals surface area contributed by atoms with Crippen LogP contribution in [-0.2, 0) is 10.2 Å². The van der Waals surface area contributed by atoms with E-state index in [-0.39, 0.29) is 19.6 Å². The molecule has 9 heteroatoms. The highest BCUT2D eigenvalue weighted by atomic mass is 32.2. The maximum atomic E-state index is 11.9. The Kier molecular flexibility index (Phi) is 6.38. The van der Waals surface area contributed by atoms with E-state index in [1.54, 1.807) is 13.8 Å². The summed E-state index contributed by atoms with van der Waals surface area (Å²) in [4.78, 5) is 0. The van der Waals surface area contributed by atoms with Crippen molar-refractivity contribution in [1.82, 2.24) is 9.03 Å². The second-order valence-corrected chi connectivity index (χ2v) is 5.43. The first kappa shape index (κ1) is 16.6. The quantitative estimate of drug-likeness (QED) is 0.711. The molecule has 0 saturated heterocycles. The Labute approximate surface area is 98.8 Å². The molecule has 0 rings (SSSR count). The van der Waals surface area contributed by atoms with E-state index >= 15 is 0 Å². The highest BCUT2D eigenvalue weighted by Crippen LogP contribution is 2.14. The molecule has 0 aliphatic rings. The van der Waals surface area contributed by atoms with Gasteiger partial charge in [-0.05, 0) is 20.3 Å². The highest BCUT2D eigenvalue weighted by Gasteiger charge is 2.32. The van der Waals surface area contributed by atoms with Gasteiger partial charge in [0.05, 0.1) is 0 Å². The molecule has 0 fully saturated rings. The van der Waals surface area contributed by atoms with Gasteiger partial charge in [-0.1, -0.05) is 0 Å². The number of nitrogens with one attached hydrogen (secondary N) is 1. The molecule has 0 saturated carbocycles. The smallest absolute Gasteiger partial charge is 0.396 e. The van der Waals surface area contributed by atoms with E-state index < -0.39 is 29.0 Å². The van der Waals surface area contributed by atoms with E-state index in [4.69, 9.17) is 5.11 Å². The van der Waals surface area contributed by atoms with Crippen LogP contribution in [-0.4, -0.2) is 49.7 Å². The molecule has 0 aromatic rings. The van der Waals surface area contributed by atoms with Crippen molar-refractivity contribution >= 4 is 10.2 Å². The van der Waals surface area contributed by atoms with Crippen molar-refractivity contribution in [3.05, 3.63) is 0 Å². The predicted molar refractivity (Wildman–Crippen MR) is 56.5 cm³/mol. The number of nitrogens with zero attached hydrogens (tertiary/aromatic N) is 1. The third kappa shape index (κ3) is 6.81. The number of halogens is 3. The minimum atomic E-state index is -4.59. The summed E-state index contributed by atoms with van der Waals surface area (Å²) >= 11 is 0. The molecule has 104 valence electrons. The van der Waals surface area contributed by atoms with Crippen molar-refractivity contribution in [2.75, 3.05) is 19.7 Å². The first-order valence-electron chi connectivity index (χ1n) is 5.04. The Morgan fingerprint density at radius 3 is 2.24 bits per heavy atom. The van der Waals surface area contributed by atoms with Crippen LogP contribution < -0.4 is 4.72 Å². The number of hydrogen-bond acceptors (Lipinski definition) is 3. The van der Waals surface area contributed by atoms with Crippen LogP contribution in [0.4, 0.5) is 13.2 Å². The van der Waals surface area contributed by atoms with E-state index in [0.717, 1.165) is 4.31 Å². The average Bonchev–Trinajstić information content (AvgIpc) is 2.14. The van der Waals surface area contributed by atoms with E-state index in [1.165, 1.54) is 4.72 Å². The fraction of sp³-hybridized carbons (Fsp3) is 1.00. The molecule has 0 spiro atoms. The molecule has 0 radical (unpaired) electrons. The maximum absolute atomic E-state index is 11.9. The summed E-state index contributed by atoms with van der Waals surface area (Å²) in [5.74, 6) is 0. The van der Waals surface area contributed by atoms with Crippen molar-refractivity contribution in [2.45, 2.75) is 32.5 Å². The number of alkyl halides is 3. The molecule has 0 unspecified atom stereocenters. The summed E-state index contributed by atoms with van der Waals surface area (Å²) in [5, 5.41) is 8.60. The minimum Gasteiger partial charge on any atom is -0.396 e. The first-order valence-corrected chi connectivity index (χ1v) is 6.48. The Morgan fingerprint density at radius 1 is 1.35 bits per heavy atom. The average molecular weight is 278 g/mol. The van der Waals surface area contributed by atoms with Crippen LogP contribution in [0.5, 0.6) is 0 Å². The largest absolute Gasteiger partial charge is 0.402 e. The van der Waals surface area contributed by atoms with Crippen molar-refractivity contribution in [1.29, 1.82) is 0 Å². The molecule has 0 atom stereocenters. The molecule has 0 heterocycles. The molecule has 0 aliphatic carbocycles. The van der Waals surface area contributed by atoms with Crippen LogP contribution in [0.15, 0.2) is 0 Å². The van der Waals surface area contributed by atoms with Gasteiger partial charge in [0.2, 0.25) is 0 Å². The molecule has 0 aliphatic heterocycles. The summed E-state index contributed by atoms with van der Waals surface area (Å²) in [6.07, 6.45) is -4.42. The van der Waals surface area contributed by atoms with Gasteiger partial charge in [-0.3, -0.25) is 0 Å². The molecule has 0 aromatic carbocycles. The van der Waals surface area contributed by atoms with Gasteiger partial charge in [0.15, 0.2) is 0 Å². The van der Waals surface area contributed by atoms with Crippen molar-refractivity contribution in [3.8, 4) is 0 Å². The van der Waals surface area contributed by atoms with Crippen LogP contribution >= 0.6 is 0 Å². The van der Waals surface area contributed by atoms with Gasteiger partial charge in [0, 0.05) is 19.2 Å². The number of aliphatic hydroxyl groups excluding tert-OH is 1. The topological polar surface area (TPSA) is 69.6 Å². The SMILES string of the molecule is CC(C)N(CCCO)S(=O)(=O)NCC(F)(F)F. The Balaban J connectivity index is 4.61. The second kappa shape index (κ2) is 6.53. The lowest BCUT2D eigenvalue weighted by molar-refractivity contribution is -0.121. The van der Waals surface area contributed by atoms with Crippen molar-refractivity contribution < 1.29 is 26.7 Å². The van der Waals surface area contributed by atoms with Crippen molar-refractivity contribution in [2.24, 2.45) is 0 Å². The van der Waals surface area contributed by atoms with E-state index in [1.807, 2.05) is 0 Å². The molecular weight excluding hydrogens is 261 g/mol. The first-order chi connectivity index (χ1) is 7.60. The lowest BCUT2D eigenvalue weighted by Gasteiger charge is -2.26. The highest BCUT2D eigenvalue weighted by molar-refractivity contribution is 7.87. The van der Waals surface area contributed by atoms with Crippen LogP contribution in [0, 0.1) is 0 Å². The molecule has 0 bridgehead atoms. The molecule has 2 N–H and O–H groups in total. The second-order valence-electron chi connectivity index (χ2n) is 3.72. The molecule has 0 aromatic heterocycles. The van der Waals surface area contributed by atoms with Gasteiger partial charge < -0.3 is 5.11 Å². The molecular formula is C8H17F3N2O3S. The third-order valence-electron chi connectivity index (χ3n) is 1.88. The Bertz CT molecular complexity index is 316. The lowest BCUT2D eigenvalue weighted by atomic mass is 10.3. The van der Waals surface area contributed by atoms with Crippen LogP contribution in [0.3, 0.4) is 0 Å². The number of aliphatic hydroxyl groups is 1. The summed E-state index contributed by atoms with van der Waals surface area (Å²) < 4.78 is 61.2. The summed E-state index contributed by atoms with van der Waals surface area (Å²) in [7, 11) is -4.17. The van der Waals surface area contributed by atoms with E-state index in [9.17, 15) is 21.6 Å². The van der Waals surface area contributed by atoms with Gasteiger partial charge in [-0.25, -0.2) is 0 Å². The normalized spacial score (nSPS) is 13.6. The Hall–Kier alpha value is -0.380. The summed E-state index contributed by atoms with van der Waals surface area (Å²) in [6, 6.07) is -0.479. The van der Waals surface area contributed by atoms with E-state index in [2.05, 4.69) is 0 Å². The van der Waals surface area contributed by atoms with Crippen LogP contribution in [0.2, 0.25) is 0 Å². The zero-order valence-electron chi connectivity index (χ0n) is 9.66. The fourth-order valence-corrected chi connectivity index (χ4v) is 2.57. The standard InChI is InChI=1S/C8H17F3N2O3S/c1-7(2)13(4-3-5-14)17(15,16)12-6-8(9,10)11/h7,12,14H,3-6H2,1-2H3. The summed E-state index contributed by atoms with van der Waals surface area (Å²) in [5.41, 5.74) is 0. The van der Waals surface area contributed by atoms with Gasteiger partial charge in [0.25, 0.3) is 10.2 Å². The maximum Gasteiger partial charge on any atom is 0.402 e. The van der Waals surface area contributed by atoms with Gasteiger partial charge in [-0.15, -0.1) is 0 Å². The third-order valence-corrected chi connectivity index (χ3v) is 3.61. The van der Waals surface area contributed by atoms with Gasteiger partial charge in [0.1, 0.15) is 6.54 Å². The predicted octanol–water partition coefficient (Wildman–Crippen LogP) is 0.476. The number of rotatable bonds is 7. The fourth-order valence-electron chi connectivity index (χ4n) is 1.14. The van der Waals surface area contributed by atoms with Gasteiger partial charge >= 0.3 is 6.18 Å². The molecule has 0 amide bonds. The van der Waals surface area contributed by atoms with Gasteiger partial charge in [-0.2, -0.15) is 30.6 Å². The van der Waals surface area contributed by atoms with Crippen LogP contribution in [0.1, 0.15) is 20.3 Å². The zero-order chi connectivity index (χ0) is 13.7. The molecule has 17 heavy (non-hydrogen) atoms. The lowest BCUT2D eigenvalue weighted by Crippen LogP contribution is -2.47. The number of hydrogen-bond donors (Lipinski definition) is 2. The van der Waals surface area contributed by atoms with Crippen molar-refractivity contribution in [3.63, 3.8) is 0 Å². The zero-order valence-corrected chi connectivity index (χ0v) is 10.5.